The molecule has 4 nitrogen and oxygen atoms in total. The molecule has 98 valence electrons. The zero-order chi connectivity index (χ0) is 13.7. The Hall–Kier alpha value is -0.880. The molecule has 1 rings (SSSR count). The van der Waals surface area contributed by atoms with Gasteiger partial charge in [0.1, 0.15) is 6.54 Å². The van der Waals surface area contributed by atoms with Gasteiger partial charge in [-0.15, -0.1) is 0 Å². The van der Waals surface area contributed by atoms with Crippen LogP contribution >= 0.6 is 31.9 Å². The largest absolute Gasteiger partial charge is 0.468 e. The molecule has 0 spiro atoms. The van der Waals surface area contributed by atoms with Crippen LogP contribution in [-0.4, -0.2) is 37.0 Å². The maximum absolute atomic E-state index is 12.3. The minimum absolute atomic E-state index is 0.0508. The summed E-state index contributed by atoms with van der Waals surface area (Å²) in [5.41, 5.74) is 0.509. The molecule has 0 saturated heterocycles. The number of esters is 1. The number of carbonyl (C=O) groups is 2. The van der Waals surface area contributed by atoms with Gasteiger partial charge in [-0.2, -0.15) is 0 Å². The van der Waals surface area contributed by atoms with Crippen LogP contribution in [0.4, 0.5) is 0 Å². The van der Waals surface area contributed by atoms with Crippen molar-refractivity contribution in [2.45, 2.75) is 6.92 Å². The molecule has 0 unspecified atom stereocenters. The van der Waals surface area contributed by atoms with Gasteiger partial charge in [0.15, 0.2) is 0 Å². The molecule has 0 fully saturated rings. The summed E-state index contributed by atoms with van der Waals surface area (Å²) >= 11 is 6.64. The molecule has 0 N–H and O–H groups in total. The first-order chi connectivity index (χ1) is 8.49. The maximum Gasteiger partial charge on any atom is 0.325 e. The molecule has 0 atom stereocenters. The Kier molecular flexibility index (Phi) is 5.81. The van der Waals surface area contributed by atoms with Crippen LogP contribution in [0.15, 0.2) is 27.1 Å². The van der Waals surface area contributed by atoms with E-state index in [9.17, 15) is 9.59 Å². The second-order valence-electron chi connectivity index (χ2n) is 3.52. The fourth-order valence-corrected chi connectivity index (χ4v) is 2.16. The number of benzene rings is 1. The van der Waals surface area contributed by atoms with Crippen molar-refractivity contribution in [1.82, 2.24) is 4.90 Å². The van der Waals surface area contributed by atoms with Crippen molar-refractivity contribution in [3.05, 3.63) is 32.7 Å². The van der Waals surface area contributed by atoms with Gasteiger partial charge < -0.3 is 9.64 Å². The molecule has 0 aliphatic rings. The Labute approximate surface area is 123 Å². The summed E-state index contributed by atoms with van der Waals surface area (Å²) in [5, 5.41) is 0. The van der Waals surface area contributed by atoms with E-state index in [4.69, 9.17) is 0 Å². The van der Waals surface area contributed by atoms with Gasteiger partial charge in [0.2, 0.25) is 0 Å². The Morgan fingerprint density at radius 2 is 2.00 bits per heavy atom. The first kappa shape index (κ1) is 15.2. The summed E-state index contributed by atoms with van der Waals surface area (Å²) in [4.78, 5) is 24.9. The van der Waals surface area contributed by atoms with E-state index in [2.05, 4.69) is 36.6 Å². The van der Waals surface area contributed by atoms with Crippen LogP contribution in [0.5, 0.6) is 0 Å². The third kappa shape index (κ3) is 3.81. The fourth-order valence-electron chi connectivity index (χ4n) is 1.38. The highest BCUT2D eigenvalue weighted by Crippen LogP contribution is 2.22. The lowest BCUT2D eigenvalue weighted by atomic mass is 10.2. The second kappa shape index (κ2) is 6.89. The first-order valence-electron chi connectivity index (χ1n) is 5.30. The van der Waals surface area contributed by atoms with Gasteiger partial charge in [-0.1, -0.05) is 15.9 Å². The smallest absolute Gasteiger partial charge is 0.325 e. The zero-order valence-corrected chi connectivity index (χ0v) is 13.2. The number of halogens is 2. The Morgan fingerprint density at radius 1 is 1.33 bits per heavy atom. The summed E-state index contributed by atoms with van der Waals surface area (Å²) < 4.78 is 6.07. The lowest BCUT2D eigenvalue weighted by molar-refractivity contribution is -0.141. The van der Waals surface area contributed by atoms with E-state index in [0.717, 1.165) is 4.47 Å². The van der Waals surface area contributed by atoms with E-state index < -0.39 is 5.97 Å². The van der Waals surface area contributed by atoms with E-state index in [1.165, 1.54) is 12.0 Å². The highest BCUT2D eigenvalue weighted by Gasteiger charge is 2.19. The van der Waals surface area contributed by atoms with Gasteiger partial charge in [0, 0.05) is 15.5 Å². The average molecular weight is 379 g/mol. The van der Waals surface area contributed by atoms with Crippen LogP contribution in [-0.2, 0) is 9.53 Å². The minimum atomic E-state index is -0.434. The van der Waals surface area contributed by atoms with Crippen molar-refractivity contribution in [3.8, 4) is 0 Å². The molecule has 0 radical (unpaired) electrons. The molecular formula is C12H13Br2NO3. The van der Waals surface area contributed by atoms with Crippen LogP contribution in [0.3, 0.4) is 0 Å². The Morgan fingerprint density at radius 3 is 2.56 bits per heavy atom. The van der Waals surface area contributed by atoms with Gasteiger partial charge in [0.05, 0.1) is 12.7 Å². The zero-order valence-electron chi connectivity index (χ0n) is 10.1. The van der Waals surface area contributed by atoms with E-state index in [0.29, 0.717) is 16.6 Å². The SMILES string of the molecule is CCN(CC(=O)OC)C(=O)c1cc(Br)ccc1Br. The van der Waals surface area contributed by atoms with Crippen molar-refractivity contribution >= 4 is 43.7 Å². The molecule has 0 aliphatic carbocycles. The van der Waals surface area contributed by atoms with Gasteiger partial charge in [-0.25, -0.2) is 0 Å². The highest BCUT2D eigenvalue weighted by molar-refractivity contribution is 9.11. The molecule has 0 aromatic heterocycles. The molecule has 0 aliphatic heterocycles. The third-order valence-corrected chi connectivity index (χ3v) is 3.56. The number of ether oxygens (including phenoxy) is 1. The number of hydrogen-bond donors (Lipinski definition) is 0. The lowest BCUT2D eigenvalue weighted by Gasteiger charge is -2.20. The standard InChI is InChI=1S/C12H13Br2NO3/c1-3-15(7-11(16)18-2)12(17)9-6-8(13)4-5-10(9)14/h4-6H,3,7H2,1-2H3. The van der Waals surface area contributed by atoms with Crippen LogP contribution in [0.2, 0.25) is 0 Å². The Balaban J connectivity index is 2.96. The predicted octanol–water partition coefficient (Wildman–Crippen LogP) is 2.85. The first-order valence-corrected chi connectivity index (χ1v) is 6.89. The molecule has 1 aromatic carbocycles. The highest BCUT2D eigenvalue weighted by atomic mass is 79.9. The Bertz CT molecular complexity index is 463. The summed E-state index contributed by atoms with van der Waals surface area (Å²) in [6.45, 7) is 2.20. The van der Waals surface area contributed by atoms with Crippen molar-refractivity contribution in [2.24, 2.45) is 0 Å². The quantitative estimate of drug-likeness (QED) is 0.757. The summed E-state index contributed by atoms with van der Waals surface area (Å²) in [7, 11) is 1.30. The van der Waals surface area contributed by atoms with E-state index in [1.807, 2.05) is 13.0 Å². The van der Waals surface area contributed by atoms with Gasteiger partial charge in [-0.05, 0) is 41.1 Å². The summed E-state index contributed by atoms with van der Waals surface area (Å²) in [6.07, 6.45) is 0. The van der Waals surface area contributed by atoms with Gasteiger partial charge >= 0.3 is 5.97 Å². The van der Waals surface area contributed by atoms with Crippen LogP contribution in [0.1, 0.15) is 17.3 Å². The number of rotatable bonds is 4. The number of hydrogen-bond acceptors (Lipinski definition) is 3. The monoisotopic (exact) mass is 377 g/mol. The molecule has 0 bridgehead atoms. The minimum Gasteiger partial charge on any atom is -0.468 e. The lowest BCUT2D eigenvalue weighted by Crippen LogP contribution is -2.36. The van der Waals surface area contributed by atoms with Crippen LogP contribution < -0.4 is 0 Å². The number of methoxy groups -OCH3 is 1. The van der Waals surface area contributed by atoms with E-state index in [1.54, 1.807) is 12.1 Å². The molecule has 1 aromatic rings. The van der Waals surface area contributed by atoms with Crippen molar-refractivity contribution in [2.75, 3.05) is 20.2 Å². The maximum atomic E-state index is 12.3. The number of amides is 1. The fraction of sp³-hybridized carbons (Fsp3) is 0.333. The van der Waals surface area contributed by atoms with E-state index >= 15 is 0 Å². The molecule has 6 heteroatoms. The van der Waals surface area contributed by atoms with Crippen LogP contribution in [0.25, 0.3) is 0 Å². The second-order valence-corrected chi connectivity index (χ2v) is 5.29. The molecule has 0 heterocycles. The van der Waals surface area contributed by atoms with Crippen molar-refractivity contribution in [1.29, 1.82) is 0 Å². The number of carbonyl (C=O) groups excluding carboxylic acids is 2. The average Bonchev–Trinajstić information content (AvgIpc) is 2.37. The van der Waals surface area contributed by atoms with Crippen molar-refractivity contribution < 1.29 is 14.3 Å². The number of nitrogens with zero attached hydrogens (tertiary/aromatic N) is 1. The van der Waals surface area contributed by atoms with E-state index in [-0.39, 0.29) is 12.5 Å². The third-order valence-electron chi connectivity index (χ3n) is 2.38. The molecule has 1 amide bonds. The predicted molar refractivity (Wildman–Crippen MR) is 75.4 cm³/mol. The molecular weight excluding hydrogens is 366 g/mol. The van der Waals surface area contributed by atoms with Gasteiger partial charge in [0.25, 0.3) is 5.91 Å². The van der Waals surface area contributed by atoms with Crippen molar-refractivity contribution in [3.63, 3.8) is 0 Å². The van der Waals surface area contributed by atoms with Gasteiger partial charge in [-0.3, -0.25) is 9.59 Å². The number of likely N-dealkylation sites (N-methyl/N-ethyl adjacent to an activating group) is 1. The summed E-state index contributed by atoms with van der Waals surface area (Å²) in [6, 6.07) is 5.33. The van der Waals surface area contributed by atoms with Crippen LogP contribution in [0, 0.1) is 0 Å². The topological polar surface area (TPSA) is 46.6 Å². The summed E-state index contributed by atoms with van der Waals surface area (Å²) in [5.74, 6) is -0.646. The molecule has 0 saturated carbocycles. The normalized spacial score (nSPS) is 10.0. The molecule has 18 heavy (non-hydrogen) atoms.